The molecule has 108 valence electrons. The quantitative estimate of drug-likeness (QED) is 0.892. The zero-order valence-electron chi connectivity index (χ0n) is 11.2. The van der Waals surface area contributed by atoms with Crippen molar-refractivity contribution in [1.29, 1.82) is 0 Å². The summed E-state index contributed by atoms with van der Waals surface area (Å²) in [6.45, 7) is 1.51. The van der Waals surface area contributed by atoms with Crippen molar-refractivity contribution in [3.05, 3.63) is 64.7 Å². The van der Waals surface area contributed by atoms with E-state index in [0.717, 1.165) is 42.3 Å². The Bertz CT molecular complexity index is 701. The molecule has 0 bridgehead atoms. The molecule has 1 aliphatic rings. The Balaban J connectivity index is 1.91. The van der Waals surface area contributed by atoms with Gasteiger partial charge in [0.25, 0.3) is 5.91 Å². The predicted molar refractivity (Wildman–Crippen MR) is 76.2 cm³/mol. The molecule has 0 atom stereocenters. The van der Waals surface area contributed by atoms with E-state index >= 15 is 0 Å². The molecule has 3 rings (SSSR count). The second kappa shape index (κ2) is 5.61. The number of hydrogen-bond donors (Lipinski definition) is 2. The largest absolute Gasteiger partial charge is 0.319 e. The highest BCUT2D eigenvalue weighted by Gasteiger charge is 2.18. The maximum absolute atomic E-state index is 13.6. The summed E-state index contributed by atoms with van der Waals surface area (Å²) in [5.74, 6) is -1.67. The summed E-state index contributed by atoms with van der Waals surface area (Å²) in [5.41, 5.74) is 2.39. The average molecular weight is 288 g/mol. The molecule has 0 saturated heterocycles. The van der Waals surface area contributed by atoms with Gasteiger partial charge in [-0.3, -0.25) is 4.79 Å². The van der Waals surface area contributed by atoms with Crippen LogP contribution >= 0.6 is 0 Å². The first-order chi connectivity index (χ1) is 10.1. The molecule has 1 heterocycles. The number of amides is 1. The third kappa shape index (κ3) is 2.78. The lowest BCUT2D eigenvalue weighted by atomic mass is 9.95. The van der Waals surface area contributed by atoms with Crippen molar-refractivity contribution < 1.29 is 13.6 Å². The molecule has 3 nitrogen and oxygen atoms in total. The minimum absolute atomic E-state index is 0.147. The van der Waals surface area contributed by atoms with Crippen molar-refractivity contribution in [3.63, 3.8) is 0 Å². The van der Waals surface area contributed by atoms with Crippen molar-refractivity contribution in [2.24, 2.45) is 0 Å². The van der Waals surface area contributed by atoms with Gasteiger partial charge in [-0.15, -0.1) is 0 Å². The molecule has 5 heteroatoms. The number of benzene rings is 2. The van der Waals surface area contributed by atoms with E-state index < -0.39 is 17.5 Å². The van der Waals surface area contributed by atoms with E-state index in [0.29, 0.717) is 12.1 Å². The molecule has 0 aromatic heterocycles. The molecule has 0 saturated carbocycles. The fraction of sp³-hybridized carbons (Fsp3) is 0.188. The summed E-state index contributed by atoms with van der Waals surface area (Å²) in [6, 6.07) is 8.45. The van der Waals surface area contributed by atoms with E-state index in [1.807, 2.05) is 6.07 Å². The van der Waals surface area contributed by atoms with Crippen LogP contribution in [0.4, 0.5) is 14.5 Å². The van der Waals surface area contributed by atoms with Gasteiger partial charge in [0.15, 0.2) is 0 Å². The normalized spacial score (nSPS) is 13.6. The topological polar surface area (TPSA) is 41.1 Å². The van der Waals surface area contributed by atoms with Crippen LogP contribution in [0.2, 0.25) is 0 Å². The van der Waals surface area contributed by atoms with Crippen molar-refractivity contribution in [1.82, 2.24) is 5.32 Å². The summed E-state index contributed by atoms with van der Waals surface area (Å²) in [4.78, 5) is 12.3. The zero-order valence-corrected chi connectivity index (χ0v) is 11.2. The number of carbonyl (C=O) groups is 1. The molecule has 2 N–H and O–H groups in total. The van der Waals surface area contributed by atoms with E-state index in [9.17, 15) is 13.6 Å². The summed E-state index contributed by atoms with van der Waals surface area (Å²) < 4.78 is 26.7. The molecule has 0 spiro atoms. The van der Waals surface area contributed by atoms with Crippen LogP contribution in [0.25, 0.3) is 0 Å². The summed E-state index contributed by atoms with van der Waals surface area (Å²) >= 11 is 0. The number of anilines is 1. The number of fused-ring (bicyclic) bond motifs is 1. The highest BCUT2D eigenvalue weighted by atomic mass is 19.1. The fourth-order valence-electron chi connectivity index (χ4n) is 2.53. The molecule has 2 aromatic carbocycles. The lowest BCUT2D eigenvalue weighted by Crippen LogP contribution is -2.26. The predicted octanol–water partition coefficient (Wildman–Crippen LogP) is 2.86. The third-order valence-electron chi connectivity index (χ3n) is 3.56. The van der Waals surface area contributed by atoms with Crippen LogP contribution < -0.4 is 10.6 Å². The maximum atomic E-state index is 13.6. The molecule has 1 amide bonds. The number of hydrogen-bond acceptors (Lipinski definition) is 2. The first-order valence-electron chi connectivity index (χ1n) is 6.73. The third-order valence-corrected chi connectivity index (χ3v) is 3.56. The van der Waals surface area contributed by atoms with Gasteiger partial charge in [-0.05, 0) is 42.3 Å². The second-order valence-electron chi connectivity index (χ2n) is 4.95. The first kappa shape index (κ1) is 13.7. The fourth-order valence-corrected chi connectivity index (χ4v) is 2.53. The number of carbonyl (C=O) groups excluding carboxylic acids is 1. The Hall–Kier alpha value is -2.27. The van der Waals surface area contributed by atoms with Crippen LogP contribution in [-0.2, 0) is 13.0 Å². The van der Waals surface area contributed by atoms with Gasteiger partial charge in [0.05, 0.1) is 5.69 Å². The minimum Gasteiger partial charge on any atom is -0.319 e. The van der Waals surface area contributed by atoms with Crippen LogP contribution in [0.5, 0.6) is 0 Å². The summed E-state index contributed by atoms with van der Waals surface area (Å²) in [5, 5.41) is 5.68. The van der Waals surface area contributed by atoms with Gasteiger partial charge in [0.2, 0.25) is 0 Å². The van der Waals surface area contributed by atoms with E-state index in [2.05, 4.69) is 10.6 Å². The Morgan fingerprint density at radius 3 is 2.90 bits per heavy atom. The molecule has 0 unspecified atom stereocenters. The molecule has 2 aromatic rings. The zero-order chi connectivity index (χ0) is 14.8. The summed E-state index contributed by atoms with van der Waals surface area (Å²) in [6.07, 6.45) is 0.741. The van der Waals surface area contributed by atoms with E-state index in [1.54, 1.807) is 12.1 Å². The minimum atomic E-state index is -0.656. The molecule has 0 aliphatic carbocycles. The molecule has 0 radical (unpaired) electrons. The standard InChI is InChI=1S/C16H14F2N2O/c17-11-4-5-14(18)15(8-11)20-16(21)13-3-1-2-10-9-19-7-6-12(10)13/h1-5,8,19H,6-7,9H2,(H,20,21). The van der Waals surface area contributed by atoms with Gasteiger partial charge in [-0.2, -0.15) is 0 Å². The highest BCUT2D eigenvalue weighted by molar-refractivity contribution is 6.05. The van der Waals surface area contributed by atoms with Crippen molar-refractivity contribution in [2.75, 3.05) is 11.9 Å². The van der Waals surface area contributed by atoms with Crippen molar-refractivity contribution >= 4 is 11.6 Å². The average Bonchev–Trinajstić information content (AvgIpc) is 2.50. The lowest BCUT2D eigenvalue weighted by molar-refractivity contribution is 0.102. The maximum Gasteiger partial charge on any atom is 0.256 e. The smallest absolute Gasteiger partial charge is 0.256 e. The van der Waals surface area contributed by atoms with Gasteiger partial charge < -0.3 is 10.6 Å². The monoisotopic (exact) mass is 288 g/mol. The van der Waals surface area contributed by atoms with Gasteiger partial charge in [0, 0.05) is 18.2 Å². The molecular weight excluding hydrogens is 274 g/mol. The Labute approximate surface area is 121 Å². The Morgan fingerprint density at radius 1 is 1.19 bits per heavy atom. The Morgan fingerprint density at radius 2 is 2.05 bits per heavy atom. The van der Waals surface area contributed by atoms with Gasteiger partial charge in [-0.25, -0.2) is 8.78 Å². The van der Waals surface area contributed by atoms with Crippen LogP contribution in [0.3, 0.4) is 0 Å². The van der Waals surface area contributed by atoms with Crippen LogP contribution in [-0.4, -0.2) is 12.5 Å². The molecular formula is C16H14F2N2O. The summed E-state index contributed by atoms with van der Waals surface area (Å²) in [7, 11) is 0. The van der Waals surface area contributed by atoms with Gasteiger partial charge >= 0.3 is 0 Å². The van der Waals surface area contributed by atoms with E-state index in [-0.39, 0.29) is 5.69 Å². The number of nitrogens with one attached hydrogen (secondary N) is 2. The number of rotatable bonds is 2. The van der Waals surface area contributed by atoms with E-state index in [1.165, 1.54) is 0 Å². The van der Waals surface area contributed by atoms with Crippen LogP contribution in [0, 0.1) is 11.6 Å². The van der Waals surface area contributed by atoms with Gasteiger partial charge in [0.1, 0.15) is 11.6 Å². The van der Waals surface area contributed by atoms with Crippen molar-refractivity contribution in [2.45, 2.75) is 13.0 Å². The first-order valence-corrected chi connectivity index (χ1v) is 6.73. The second-order valence-corrected chi connectivity index (χ2v) is 4.95. The highest BCUT2D eigenvalue weighted by Crippen LogP contribution is 2.21. The SMILES string of the molecule is O=C(Nc1cc(F)ccc1F)c1cccc2c1CCNC2. The molecule has 21 heavy (non-hydrogen) atoms. The van der Waals surface area contributed by atoms with E-state index in [4.69, 9.17) is 0 Å². The number of halogens is 2. The molecule has 1 aliphatic heterocycles. The Kier molecular flexibility index (Phi) is 3.66. The van der Waals surface area contributed by atoms with Gasteiger partial charge in [-0.1, -0.05) is 12.1 Å². The lowest BCUT2D eigenvalue weighted by Gasteiger charge is -2.20. The molecule has 0 fully saturated rings. The van der Waals surface area contributed by atoms with Crippen molar-refractivity contribution in [3.8, 4) is 0 Å². The van der Waals surface area contributed by atoms with Crippen LogP contribution in [0.1, 0.15) is 21.5 Å². The van der Waals surface area contributed by atoms with Crippen LogP contribution in [0.15, 0.2) is 36.4 Å².